The van der Waals surface area contributed by atoms with E-state index in [1.807, 2.05) is 31.2 Å². The number of benzene rings is 2. The predicted octanol–water partition coefficient (Wildman–Crippen LogP) is 6.08. The van der Waals surface area contributed by atoms with E-state index < -0.39 is 30.2 Å². The third-order valence-electron chi connectivity index (χ3n) is 3.54. The van der Waals surface area contributed by atoms with Gasteiger partial charge in [-0.05, 0) is 43.0 Å². The summed E-state index contributed by atoms with van der Waals surface area (Å²) in [5.74, 6) is -3.43. The normalized spacial score (nSPS) is 11.9. The molecular formula is C19H17F5O. The number of hydrogen-bond donors (Lipinski definition) is 0. The Balaban J connectivity index is 2.18. The number of halogens is 5. The topological polar surface area (TPSA) is 9.23 Å². The van der Waals surface area contributed by atoms with Crippen molar-refractivity contribution in [2.75, 3.05) is 6.61 Å². The van der Waals surface area contributed by atoms with Gasteiger partial charge >= 0.3 is 6.18 Å². The molecule has 0 fully saturated rings. The molecule has 0 bridgehead atoms. The van der Waals surface area contributed by atoms with E-state index >= 15 is 0 Å². The second-order valence-corrected chi connectivity index (χ2v) is 5.45. The second kappa shape index (κ2) is 8.14. The molecule has 2 rings (SSSR count). The summed E-state index contributed by atoms with van der Waals surface area (Å²) in [5, 5.41) is 0. The van der Waals surface area contributed by atoms with Crippen molar-refractivity contribution < 1.29 is 26.7 Å². The Morgan fingerprint density at radius 2 is 1.64 bits per heavy atom. The van der Waals surface area contributed by atoms with E-state index in [2.05, 4.69) is 4.74 Å². The average molecular weight is 356 g/mol. The minimum atomic E-state index is -4.62. The standard InChI is InChI=1S/C19H17F5O/c1-2-3-4-5-13-6-8-14(9-7-13)15-10-11-16(18(21)17(15)20)25-12-19(22,23)24/h2-3,6-11H,4-5,12H2,1H3. The maximum absolute atomic E-state index is 14.2. The van der Waals surface area contributed by atoms with Crippen LogP contribution >= 0.6 is 0 Å². The van der Waals surface area contributed by atoms with Crippen LogP contribution in [0.4, 0.5) is 22.0 Å². The van der Waals surface area contributed by atoms with E-state index in [9.17, 15) is 22.0 Å². The first-order valence-corrected chi connectivity index (χ1v) is 7.70. The van der Waals surface area contributed by atoms with Crippen LogP contribution in [-0.4, -0.2) is 12.8 Å². The minimum absolute atomic E-state index is 0.0307. The van der Waals surface area contributed by atoms with Gasteiger partial charge in [-0.2, -0.15) is 17.6 Å². The fourth-order valence-corrected chi connectivity index (χ4v) is 2.29. The van der Waals surface area contributed by atoms with Gasteiger partial charge in [0.25, 0.3) is 0 Å². The van der Waals surface area contributed by atoms with Crippen molar-refractivity contribution in [3.05, 3.63) is 65.7 Å². The average Bonchev–Trinajstić information content (AvgIpc) is 2.56. The van der Waals surface area contributed by atoms with Crippen molar-refractivity contribution in [1.82, 2.24) is 0 Å². The summed E-state index contributed by atoms with van der Waals surface area (Å²) < 4.78 is 68.8. The molecule has 2 aromatic carbocycles. The monoisotopic (exact) mass is 356 g/mol. The van der Waals surface area contributed by atoms with Crippen molar-refractivity contribution in [2.45, 2.75) is 25.9 Å². The summed E-state index contributed by atoms with van der Waals surface area (Å²) >= 11 is 0. The summed E-state index contributed by atoms with van der Waals surface area (Å²) in [6.07, 6.45) is 1.07. The SMILES string of the molecule is CC=CCCc1ccc(-c2ccc(OCC(F)(F)F)c(F)c2F)cc1. The third kappa shape index (κ3) is 5.31. The van der Waals surface area contributed by atoms with Gasteiger partial charge in [-0.3, -0.25) is 0 Å². The van der Waals surface area contributed by atoms with Crippen molar-refractivity contribution >= 4 is 0 Å². The molecule has 0 saturated heterocycles. The van der Waals surface area contributed by atoms with Crippen LogP contribution in [-0.2, 0) is 6.42 Å². The highest BCUT2D eigenvalue weighted by molar-refractivity contribution is 5.65. The van der Waals surface area contributed by atoms with Gasteiger partial charge in [-0.15, -0.1) is 0 Å². The van der Waals surface area contributed by atoms with E-state index in [1.165, 1.54) is 6.07 Å². The predicted molar refractivity (Wildman–Crippen MR) is 86.5 cm³/mol. The summed E-state index contributed by atoms with van der Waals surface area (Å²) in [7, 11) is 0. The summed E-state index contributed by atoms with van der Waals surface area (Å²) in [4.78, 5) is 0. The lowest BCUT2D eigenvalue weighted by Crippen LogP contribution is -2.19. The van der Waals surface area contributed by atoms with Gasteiger partial charge in [0, 0.05) is 5.56 Å². The van der Waals surface area contributed by atoms with Crippen LogP contribution in [0, 0.1) is 11.6 Å². The van der Waals surface area contributed by atoms with Crippen molar-refractivity contribution in [3.8, 4) is 16.9 Å². The highest BCUT2D eigenvalue weighted by atomic mass is 19.4. The molecule has 0 aliphatic carbocycles. The van der Waals surface area contributed by atoms with Crippen LogP contribution in [0.25, 0.3) is 11.1 Å². The molecule has 2 aromatic rings. The lowest BCUT2D eigenvalue weighted by Gasteiger charge is -2.12. The Labute approximate surface area is 142 Å². The molecule has 1 nitrogen and oxygen atoms in total. The van der Waals surface area contributed by atoms with Gasteiger partial charge in [-0.25, -0.2) is 4.39 Å². The smallest absolute Gasteiger partial charge is 0.422 e. The zero-order valence-corrected chi connectivity index (χ0v) is 13.5. The van der Waals surface area contributed by atoms with Gasteiger partial charge in [0.05, 0.1) is 0 Å². The molecule has 0 atom stereocenters. The molecule has 0 aliphatic rings. The highest BCUT2D eigenvalue weighted by Crippen LogP contribution is 2.31. The maximum Gasteiger partial charge on any atom is 0.422 e. The van der Waals surface area contributed by atoms with Gasteiger partial charge < -0.3 is 4.74 Å². The summed E-state index contributed by atoms with van der Waals surface area (Å²) in [6, 6.07) is 9.13. The number of ether oxygens (including phenoxy) is 1. The van der Waals surface area contributed by atoms with Gasteiger partial charge in [0.15, 0.2) is 18.2 Å². The Morgan fingerprint density at radius 3 is 2.24 bits per heavy atom. The van der Waals surface area contributed by atoms with Crippen molar-refractivity contribution in [2.24, 2.45) is 0 Å². The Hall–Kier alpha value is -2.37. The molecule has 0 aromatic heterocycles. The lowest BCUT2D eigenvalue weighted by atomic mass is 10.0. The van der Waals surface area contributed by atoms with Gasteiger partial charge in [0.2, 0.25) is 5.82 Å². The first-order valence-electron chi connectivity index (χ1n) is 7.70. The highest BCUT2D eigenvalue weighted by Gasteiger charge is 2.29. The van der Waals surface area contributed by atoms with E-state index in [0.29, 0.717) is 5.56 Å². The van der Waals surface area contributed by atoms with Gasteiger partial charge in [0.1, 0.15) is 0 Å². The fraction of sp³-hybridized carbons (Fsp3) is 0.263. The van der Waals surface area contributed by atoms with E-state index in [4.69, 9.17) is 0 Å². The second-order valence-electron chi connectivity index (χ2n) is 5.45. The number of hydrogen-bond acceptors (Lipinski definition) is 1. The molecule has 0 heterocycles. The number of allylic oxidation sites excluding steroid dienone is 2. The zero-order valence-electron chi connectivity index (χ0n) is 13.5. The van der Waals surface area contributed by atoms with Crippen LogP contribution in [0.1, 0.15) is 18.9 Å². The minimum Gasteiger partial charge on any atom is -0.481 e. The van der Waals surface area contributed by atoms with Crippen LogP contribution in [0.3, 0.4) is 0 Å². The van der Waals surface area contributed by atoms with Crippen molar-refractivity contribution in [3.63, 3.8) is 0 Å². The summed E-state index contributed by atoms with van der Waals surface area (Å²) in [6.45, 7) is 0.256. The molecule has 0 radical (unpaired) electrons. The van der Waals surface area contributed by atoms with E-state index in [-0.39, 0.29) is 5.56 Å². The summed E-state index contributed by atoms with van der Waals surface area (Å²) in [5.41, 5.74) is 1.46. The van der Waals surface area contributed by atoms with Crippen LogP contribution in [0.5, 0.6) is 5.75 Å². The zero-order chi connectivity index (χ0) is 18.4. The molecule has 0 saturated carbocycles. The lowest BCUT2D eigenvalue weighted by molar-refractivity contribution is -0.153. The Kier molecular flexibility index (Phi) is 6.17. The first-order chi connectivity index (χ1) is 11.8. The van der Waals surface area contributed by atoms with Crippen LogP contribution in [0.15, 0.2) is 48.6 Å². The molecule has 0 N–H and O–H groups in total. The molecular weight excluding hydrogens is 339 g/mol. The number of rotatable bonds is 6. The van der Waals surface area contributed by atoms with Gasteiger partial charge in [-0.1, -0.05) is 36.4 Å². The Bertz CT molecular complexity index is 733. The quantitative estimate of drug-likeness (QED) is 0.450. The maximum atomic E-state index is 14.2. The Morgan fingerprint density at radius 1 is 0.960 bits per heavy atom. The molecule has 6 heteroatoms. The van der Waals surface area contributed by atoms with Crippen LogP contribution < -0.4 is 4.74 Å². The third-order valence-corrected chi connectivity index (χ3v) is 3.54. The largest absolute Gasteiger partial charge is 0.481 e. The number of aryl methyl sites for hydroxylation is 1. The molecule has 0 unspecified atom stereocenters. The molecule has 134 valence electrons. The first kappa shape index (κ1) is 19.0. The molecule has 0 amide bonds. The molecule has 0 aliphatic heterocycles. The number of alkyl halides is 3. The molecule has 0 spiro atoms. The van der Waals surface area contributed by atoms with Crippen molar-refractivity contribution in [1.29, 1.82) is 0 Å². The van der Waals surface area contributed by atoms with E-state index in [1.54, 1.807) is 12.1 Å². The molecule has 25 heavy (non-hydrogen) atoms. The fourth-order valence-electron chi connectivity index (χ4n) is 2.29. The van der Waals surface area contributed by atoms with E-state index in [0.717, 1.165) is 24.5 Å². The van der Waals surface area contributed by atoms with Crippen LogP contribution in [0.2, 0.25) is 0 Å².